The lowest BCUT2D eigenvalue weighted by Crippen LogP contribution is -2.42. The Kier molecular flexibility index (Phi) is 7.60. The second-order valence-electron chi connectivity index (χ2n) is 5.49. The normalized spacial score (nSPS) is 10.8. The van der Waals surface area contributed by atoms with Crippen molar-refractivity contribution < 1.29 is 14.5 Å². The lowest BCUT2D eigenvalue weighted by atomic mass is 10.2. The van der Waals surface area contributed by atoms with Gasteiger partial charge in [0.1, 0.15) is 0 Å². The van der Waals surface area contributed by atoms with Gasteiger partial charge in [0.05, 0.1) is 28.7 Å². The van der Waals surface area contributed by atoms with E-state index >= 15 is 0 Å². The Morgan fingerprint density at radius 3 is 2.42 bits per heavy atom. The molecule has 0 fully saturated rings. The number of nitrogens with one attached hydrogen (secondary N) is 2. The van der Waals surface area contributed by atoms with E-state index in [0.717, 1.165) is 0 Å². The van der Waals surface area contributed by atoms with Gasteiger partial charge in [0.2, 0.25) is 11.8 Å². The summed E-state index contributed by atoms with van der Waals surface area (Å²) in [4.78, 5) is 35.6. The molecule has 24 heavy (non-hydrogen) atoms. The van der Waals surface area contributed by atoms with Gasteiger partial charge in [-0.2, -0.15) is 0 Å². The average molecular weight is 357 g/mol. The predicted molar refractivity (Wildman–Crippen MR) is 92.1 cm³/mol. The molecule has 9 heteroatoms. The Labute approximate surface area is 145 Å². The van der Waals surface area contributed by atoms with E-state index in [1.54, 1.807) is 4.90 Å². The molecule has 0 spiro atoms. The van der Waals surface area contributed by atoms with E-state index in [2.05, 4.69) is 10.6 Å². The van der Waals surface area contributed by atoms with Gasteiger partial charge in [-0.1, -0.05) is 18.5 Å². The minimum atomic E-state index is -0.566. The fourth-order valence-electron chi connectivity index (χ4n) is 1.96. The molecule has 1 aromatic rings. The molecule has 0 aliphatic rings. The zero-order chi connectivity index (χ0) is 18.3. The third kappa shape index (κ3) is 6.51. The molecule has 1 rings (SSSR count). The largest absolute Gasteiger partial charge is 0.353 e. The van der Waals surface area contributed by atoms with Crippen LogP contribution >= 0.6 is 11.6 Å². The molecule has 2 N–H and O–H groups in total. The second-order valence-corrected chi connectivity index (χ2v) is 5.90. The molecular weight excluding hydrogens is 336 g/mol. The van der Waals surface area contributed by atoms with Crippen molar-refractivity contribution in [1.29, 1.82) is 0 Å². The lowest BCUT2D eigenvalue weighted by Gasteiger charge is -2.20. The van der Waals surface area contributed by atoms with Crippen molar-refractivity contribution in [2.45, 2.75) is 26.8 Å². The molecule has 0 heterocycles. The van der Waals surface area contributed by atoms with Gasteiger partial charge in [-0.25, -0.2) is 0 Å². The quantitative estimate of drug-likeness (QED) is 0.547. The first-order chi connectivity index (χ1) is 11.2. The van der Waals surface area contributed by atoms with E-state index in [9.17, 15) is 19.7 Å². The summed E-state index contributed by atoms with van der Waals surface area (Å²) < 4.78 is 0. The average Bonchev–Trinajstić information content (AvgIpc) is 2.47. The van der Waals surface area contributed by atoms with Gasteiger partial charge >= 0.3 is 0 Å². The van der Waals surface area contributed by atoms with Crippen LogP contribution in [0.1, 0.15) is 20.8 Å². The molecule has 0 radical (unpaired) electrons. The Balaban J connectivity index is 2.64. The minimum Gasteiger partial charge on any atom is -0.353 e. The third-order valence-corrected chi connectivity index (χ3v) is 3.38. The number of nitro groups is 1. The zero-order valence-corrected chi connectivity index (χ0v) is 14.6. The van der Waals surface area contributed by atoms with E-state index in [0.29, 0.717) is 6.54 Å². The summed E-state index contributed by atoms with van der Waals surface area (Å²) in [5, 5.41) is 16.1. The van der Waals surface area contributed by atoms with Crippen molar-refractivity contribution in [3.63, 3.8) is 0 Å². The Hall–Kier alpha value is -2.19. The van der Waals surface area contributed by atoms with Gasteiger partial charge in [0.15, 0.2) is 0 Å². The van der Waals surface area contributed by atoms with E-state index in [1.165, 1.54) is 18.2 Å². The maximum Gasteiger partial charge on any atom is 0.271 e. The number of benzene rings is 1. The molecule has 0 bridgehead atoms. The van der Waals surface area contributed by atoms with Crippen LogP contribution in [-0.2, 0) is 9.59 Å². The number of carbonyl (C=O) groups is 2. The van der Waals surface area contributed by atoms with Crippen molar-refractivity contribution >= 4 is 34.8 Å². The summed E-state index contributed by atoms with van der Waals surface area (Å²) >= 11 is 5.93. The second kappa shape index (κ2) is 9.19. The number of halogens is 1. The van der Waals surface area contributed by atoms with Crippen molar-refractivity contribution in [2.75, 3.05) is 25.0 Å². The van der Waals surface area contributed by atoms with Crippen molar-refractivity contribution in [2.24, 2.45) is 0 Å². The number of anilines is 1. The highest BCUT2D eigenvalue weighted by atomic mass is 35.5. The van der Waals surface area contributed by atoms with Crippen LogP contribution in [0.2, 0.25) is 5.02 Å². The molecule has 0 saturated carbocycles. The number of likely N-dealkylation sites (N-methyl/N-ethyl adjacent to an activating group) is 1. The molecule has 8 nitrogen and oxygen atoms in total. The van der Waals surface area contributed by atoms with Gasteiger partial charge in [-0.3, -0.25) is 24.6 Å². The number of hydrogen-bond donors (Lipinski definition) is 2. The summed E-state index contributed by atoms with van der Waals surface area (Å²) in [7, 11) is 0. The maximum atomic E-state index is 12.1. The van der Waals surface area contributed by atoms with Crippen molar-refractivity contribution in [1.82, 2.24) is 10.2 Å². The van der Waals surface area contributed by atoms with Gasteiger partial charge in [0, 0.05) is 18.2 Å². The highest BCUT2D eigenvalue weighted by molar-refractivity contribution is 6.34. The maximum absolute atomic E-state index is 12.1. The Morgan fingerprint density at radius 2 is 1.92 bits per heavy atom. The number of nitro benzene ring substituents is 1. The summed E-state index contributed by atoms with van der Waals surface area (Å²) in [6.45, 7) is 6.20. The molecule has 0 saturated heterocycles. The highest BCUT2D eigenvalue weighted by Crippen LogP contribution is 2.26. The summed E-state index contributed by atoms with van der Waals surface area (Å²) in [5.41, 5.74) is 0.133. The number of amides is 2. The van der Waals surface area contributed by atoms with E-state index in [4.69, 9.17) is 11.6 Å². The van der Waals surface area contributed by atoms with Crippen LogP contribution in [0.5, 0.6) is 0 Å². The van der Waals surface area contributed by atoms with E-state index < -0.39 is 4.92 Å². The summed E-state index contributed by atoms with van der Waals surface area (Å²) in [5.74, 6) is -0.516. The minimum absolute atomic E-state index is 0.00926. The lowest BCUT2D eigenvalue weighted by molar-refractivity contribution is -0.384. The molecule has 0 aliphatic carbocycles. The van der Waals surface area contributed by atoms with E-state index in [-0.39, 0.29) is 47.3 Å². The SMILES string of the molecule is CCN(CC(=O)Nc1ccc([N+](=O)[O-])cc1Cl)CC(=O)NC(C)C. The molecule has 0 aromatic heterocycles. The fraction of sp³-hybridized carbons (Fsp3) is 0.467. The number of nitrogens with zero attached hydrogens (tertiary/aromatic N) is 2. The van der Waals surface area contributed by atoms with Gasteiger partial charge < -0.3 is 10.6 Å². The van der Waals surface area contributed by atoms with Crippen LogP contribution in [0.25, 0.3) is 0 Å². The molecule has 0 aliphatic heterocycles. The first kappa shape index (κ1) is 19.9. The smallest absolute Gasteiger partial charge is 0.271 e. The topological polar surface area (TPSA) is 105 Å². The van der Waals surface area contributed by atoms with Gasteiger partial charge in [-0.15, -0.1) is 0 Å². The Bertz CT molecular complexity index is 621. The standard InChI is InChI=1S/C15H21ClN4O4/c1-4-19(8-14(21)17-10(2)3)9-15(22)18-13-6-5-11(20(23)24)7-12(13)16/h5-7,10H,4,8-9H2,1-3H3,(H,17,21)(H,18,22). The van der Waals surface area contributed by atoms with Crippen molar-refractivity contribution in [3.8, 4) is 0 Å². The first-order valence-corrected chi connectivity index (χ1v) is 7.86. The van der Waals surface area contributed by atoms with Crippen LogP contribution in [-0.4, -0.2) is 47.3 Å². The number of hydrogen-bond acceptors (Lipinski definition) is 5. The molecule has 1 aromatic carbocycles. The Morgan fingerprint density at radius 1 is 1.29 bits per heavy atom. The van der Waals surface area contributed by atoms with Gasteiger partial charge in [0.25, 0.3) is 5.69 Å². The monoisotopic (exact) mass is 356 g/mol. The first-order valence-electron chi connectivity index (χ1n) is 7.48. The third-order valence-electron chi connectivity index (χ3n) is 3.07. The molecule has 132 valence electrons. The van der Waals surface area contributed by atoms with Crippen LogP contribution < -0.4 is 10.6 Å². The molecular formula is C15H21ClN4O4. The fourth-order valence-corrected chi connectivity index (χ4v) is 2.18. The molecule has 0 unspecified atom stereocenters. The van der Waals surface area contributed by atoms with Crippen LogP contribution in [0.3, 0.4) is 0 Å². The van der Waals surface area contributed by atoms with E-state index in [1.807, 2.05) is 20.8 Å². The highest BCUT2D eigenvalue weighted by Gasteiger charge is 2.16. The zero-order valence-electron chi connectivity index (χ0n) is 13.8. The van der Waals surface area contributed by atoms with Crippen LogP contribution in [0.15, 0.2) is 18.2 Å². The van der Waals surface area contributed by atoms with Crippen molar-refractivity contribution in [3.05, 3.63) is 33.3 Å². The summed E-state index contributed by atoms with van der Waals surface area (Å²) in [6.07, 6.45) is 0. The predicted octanol–water partition coefficient (Wildman–Crippen LogP) is 2.03. The summed E-state index contributed by atoms with van der Waals surface area (Å²) in [6, 6.07) is 3.84. The number of carbonyl (C=O) groups excluding carboxylic acids is 2. The molecule has 2 amide bonds. The number of non-ortho nitro benzene ring substituents is 1. The van der Waals surface area contributed by atoms with Crippen LogP contribution in [0.4, 0.5) is 11.4 Å². The number of rotatable bonds is 8. The molecule has 0 atom stereocenters. The van der Waals surface area contributed by atoms with Crippen LogP contribution in [0, 0.1) is 10.1 Å². The van der Waals surface area contributed by atoms with Gasteiger partial charge in [-0.05, 0) is 26.5 Å².